The number of nitrogens with zero attached hydrogens (tertiary/aromatic N) is 1. The molecule has 0 aliphatic carbocycles. The maximum atomic E-state index is 12.8. The van der Waals surface area contributed by atoms with Gasteiger partial charge in [-0.15, -0.1) is 0 Å². The molecule has 1 saturated heterocycles. The third-order valence-corrected chi connectivity index (χ3v) is 6.43. The van der Waals surface area contributed by atoms with Crippen molar-refractivity contribution in [3.8, 4) is 5.75 Å². The molecule has 0 aromatic heterocycles. The second-order valence-corrected chi connectivity index (χ2v) is 8.44. The molecule has 1 heterocycles. The van der Waals surface area contributed by atoms with Crippen LogP contribution in [0.2, 0.25) is 0 Å². The van der Waals surface area contributed by atoms with Gasteiger partial charge in [0.2, 0.25) is 0 Å². The van der Waals surface area contributed by atoms with Crippen molar-refractivity contribution >= 4 is 17.5 Å². The molecule has 6 heteroatoms. The highest BCUT2D eigenvalue weighted by molar-refractivity contribution is 5.94. The van der Waals surface area contributed by atoms with Crippen LogP contribution in [0, 0.1) is 27.7 Å². The van der Waals surface area contributed by atoms with Gasteiger partial charge in [-0.2, -0.15) is 0 Å². The van der Waals surface area contributed by atoms with E-state index in [2.05, 4.69) is 5.32 Å². The predicted octanol–water partition coefficient (Wildman–Crippen LogP) is 3.69. The van der Waals surface area contributed by atoms with Gasteiger partial charge < -0.3 is 20.7 Å². The third-order valence-electron chi connectivity index (χ3n) is 6.43. The lowest BCUT2D eigenvalue weighted by Gasteiger charge is -2.33. The number of ether oxygens (including phenoxy) is 1. The van der Waals surface area contributed by atoms with Crippen LogP contribution >= 0.6 is 0 Å². The van der Waals surface area contributed by atoms with E-state index in [9.17, 15) is 9.59 Å². The molecule has 1 fully saturated rings. The second-order valence-electron chi connectivity index (χ2n) is 8.44. The van der Waals surface area contributed by atoms with E-state index in [1.165, 1.54) is 0 Å². The molecule has 0 radical (unpaired) electrons. The van der Waals surface area contributed by atoms with Crippen molar-refractivity contribution < 1.29 is 14.3 Å². The van der Waals surface area contributed by atoms with Gasteiger partial charge in [0.1, 0.15) is 5.75 Å². The average molecular weight is 424 g/mol. The molecule has 6 nitrogen and oxygen atoms in total. The molecule has 0 bridgehead atoms. The van der Waals surface area contributed by atoms with Gasteiger partial charge >= 0.3 is 0 Å². The Morgan fingerprint density at radius 3 is 2.10 bits per heavy atom. The summed E-state index contributed by atoms with van der Waals surface area (Å²) >= 11 is 0. The quantitative estimate of drug-likeness (QED) is 0.719. The average Bonchev–Trinajstić information content (AvgIpc) is 2.79. The fourth-order valence-corrected chi connectivity index (χ4v) is 4.02. The molecular weight excluding hydrogens is 390 g/mol. The molecule has 1 aliphatic heterocycles. The highest BCUT2D eigenvalue weighted by Crippen LogP contribution is 2.34. The maximum absolute atomic E-state index is 12.8. The zero-order valence-corrected chi connectivity index (χ0v) is 19.1. The first-order valence-electron chi connectivity index (χ1n) is 10.9. The van der Waals surface area contributed by atoms with Crippen LogP contribution in [0.5, 0.6) is 5.75 Å². The molecule has 3 rings (SSSR count). The predicted molar refractivity (Wildman–Crippen MR) is 123 cm³/mol. The summed E-state index contributed by atoms with van der Waals surface area (Å²) in [5.41, 5.74) is 11.6. The summed E-state index contributed by atoms with van der Waals surface area (Å²) in [6, 6.07) is 9.34. The number of anilines is 1. The Bertz CT molecular complexity index is 935. The van der Waals surface area contributed by atoms with E-state index in [4.69, 9.17) is 10.5 Å². The van der Waals surface area contributed by atoms with E-state index < -0.39 is 6.10 Å². The smallest absolute Gasteiger partial charge is 0.260 e. The number of amides is 2. The van der Waals surface area contributed by atoms with E-state index in [1.807, 2.05) is 62.9 Å². The number of nitrogens with two attached hydrogens (primary N) is 1. The molecular formula is C25H33N3O3. The van der Waals surface area contributed by atoms with Gasteiger partial charge in [0.05, 0.1) is 0 Å². The van der Waals surface area contributed by atoms with Crippen molar-refractivity contribution in [3.05, 3.63) is 58.1 Å². The van der Waals surface area contributed by atoms with E-state index in [0.29, 0.717) is 18.7 Å². The number of hydrogen-bond acceptors (Lipinski definition) is 4. The summed E-state index contributed by atoms with van der Waals surface area (Å²) in [7, 11) is 0. The van der Waals surface area contributed by atoms with Gasteiger partial charge in [0.25, 0.3) is 11.8 Å². The zero-order valence-electron chi connectivity index (χ0n) is 19.1. The van der Waals surface area contributed by atoms with Crippen LogP contribution in [0.15, 0.2) is 30.3 Å². The van der Waals surface area contributed by atoms with Crippen LogP contribution in [0.3, 0.4) is 0 Å². The van der Waals surface area contributed by atoms with Gasteiger partial charge in [-0.05, 0) is 81.8 Å². The normalized spacial score (nSPS) is 15.5. The van der Waals surface area contributed by atoms with Crippen molar-refractivity contribution in [2.75, 3.05) is 18.8 Å². The summed E-state index contributed by atoms with van der Waals surface area (Å²) in [5, 5.41) is 3.09. The lowest BCUT2D eigenvalue weighted by Crippen LogP contribution is -2.49. The van der Waals surface area contributed by atoms with Crippen LogP contribution in [0.25, 0.3) is 0 Å². The number of carbonyl (C=O) groups is 2. The number of nitrogens with one attached hydrogen (secondary N) is 1. The SMILES string of the molecule is Cc1c(C)c(OC(C)C(=O)NC2CCN(C(=O)c3ccccc3)CC2)c(C)c(C)c1N. The van der Waals surface area contributed by atoms with Crippen LogP contribution in [-0.2, 0) is 4.79 Å². The lowest BCUT2D eigenvalue weighted by molar-refractivity contribution is -0.128. The first-order chi connectivity index (χ1) is 14.7. The molecule has 2 aromatic carbocycles. The van der Waals surface area contributed by atoms with Crippen LogP contribution < -0.4 is 15.8 Å². The highest BCUT2D eigenvalue weighted by atomic mass is 16.5. The fourth-order valence-electron chi connectivity index (χ4n) is 4.02. The number of nitrogen functional groups attached to an aromatic ring is 1. The Morgan fingerprint density at radius 2 is 1.55 bits per heavy atom. The minimum atomic E-state index is -0.621. The van der Waals surface area contributed by atoms with Crippen molar-refractivity contribution in [2.45, 2.75) is 59.6 Å². The minimum Gasteiger partial charge on any atom is -0.480 e. The summed E-state index contributed by atoms with van der Waals surface area (Å²) in [6.45, 7) is 10.9. The number of rotatable bonds is 5. The number of benzene rings is 2. The largest absolute Gasteiger partial charge is 0.480 e. The van der Waals surface area contributed by atoms with Crippen molar-refractivity contribution in [1.82, 2.24) is 10.2 Å². The Balaban J connectivity index is 1.56. The highest BCUT2D eigenvalue weighted by Gasteiger charge is 2.27. The number of hydrogen-bond donors (Lipinski definition) is 2. The van der Waals surface area contributed by atoms with Crippen LogP contribution in [0.1, 0.15) is 52.4 Å². The molecule has 0 spiro atoms. The van der Waals surface area contributed by atoms with E-state index >= 15 is 0 Å². The van der Waals surface area contributed by atoms with Gasteiger partial charge in [0, 0.05) is 30.4 Å². The Hall–Kier alpha value is -3.02. The van der Waals surface area contributed by atoms with E-state index in [0.717, 1.165) is 46.5 Å². The minimum absolute atomic E-state index is 0.0375. The van der Waals surface area contributed by atoms with Crippen molar-refractivity contribution in [3.63, 3.8) is 0 Å². The number of piperidine rings is 1. The molecule has 0 saturated carbocycles. The van der Waals surface area contributed by atoms with Gasteiger partial charge in [-0.1, -0.05) is 18.2 Å². The molecule has 2 amide bonds. The first-order valence-corrected chi connectivity index (χ1v) is 10.9. The van der Waals surface area contributed by atoms with Crippen LogP contribution in [-0.4, -0.2) is 41.9 Å². The summed E-state index contributed by atoms with van der Waals surface area (Å²) in [5.74, 6) is 0.635. The van der Waals surface area contributed by atoms with E-state index in [-0.39, 0.29) is 17.9 Å². The molecule has 166 valence electrons. The summed E-state index contributed by atoms with van der Waals surface area (Å²) in [6.07, 6.45) is 0.841. The second kappa shape index (κ2) is 9.41. The van der Waals surface area contributed by atoms with E-state index in [1.54, 1.807) is 6.92 Å². The Morgan fingerprint density at radius 1 is 1.00 bits per heavy atom. The topological polar surface area (TPSA) is 84.7 Å². The van der Waals surface area contributed by atoms with Crippen LogP contribution in [0.4, 0.5) is 5.69 Å². The molecule has 3 N–H and O–H groups in total. The fraction of sp³-hybridized carbons (Fsp3) is 0.440. The third kappa shape index (κ3) is 4.84. The van der Waals surface area contributed by atoms with Crippen molar-refractivity contribution in [1.29, 1.82) is 0 Å². The summed E-state index contributed by atoms with van der Waals surface area (Å²) in [4.78, 5) is 27.2. The molecule has 1 aliphatic rings. The van der Waals surface area contributed by atoms with Gasteiger partial charge in [0.15, 0.2) is 6.10 Å². The molecule has 1 unspecified atom stereocenters. The first kappa shape index (κ1) is 22.7. The molecule has 31 heavy (non-hydrogen) atoms. The standard InChI is InChI=1S/C25H33N3O3/c1-15-17(3)23(18(4)16(2)22(15)26)31-19(5)24(29)27-21-11-13-28(14-12-21)25(30)20-9-7-6-8-10-20/h6-10,19,21H,11-14,26H2,1-5H3,(H,27,29). The summed E-state index contributed by atoms with van der Waals surface area (Å²) < 4.78 is 6.08. The molecule has 2 aromatic rings. The lowest BCUT2D eigenvalue weighted by atomic mass is 9.97. The Labute approximate surface area is 184 Å². The van der Waals surface area contributed by atoms with Gasteiger partial charge in [-0.3, -0.25) is 9.59 Å². The monoisotopic (exact) mass is 423 g/mol. The van der Waals surface area contributed by atoms with Gasteiger partial charge in [-0.25, -0.2) is 0 Å². The number of likely N-dealkylation sites (tertiary alicyclic amines) is 1. The maximum Gasteiger partial charge on any atom is 0.260 e. The van der Waals surface area contributed by atoms with Crippen molar-refractivity contribution in [2.24, 2.45) is 0 Å². The Kier molecular flexibility index (Phi) is 6.88. The number of carbonyl (C=O) groups excluding carboxylic acids is 2. The molecule has 1 atom stereocenters. The zero-order chi connectivity index (χ0) is 22.7.